The first-order chi connectivity index (χ1) is 13.6. The summed E-state index contributed by atoms with van der Waals surface area (Å²) in [5, 5.41) is 3.47. The van der Waals surface area contributed by atoms with Crippen molar-refractivity contribution in [1.29, 1.82) is 0 Å². The van der Waals surface area contributed by atoms with Gasteiger partial charge in [0.05, 0.1) is 18.0 Å². The number of amides is 1. The molecule has 1 aromatic carbocycles. The van der Waals surface area contributed by atoms with Crippen molar-refractivity contribution in [3.63, 3.8) is 0 Å². The number of ether oxygens (including phenoxy) is 2. The van der Waals surface area contributed by atoms with Gasteiger partial charge in [0.1, 0.15) is 23.9 Å². The van der Waals surface area contributed by atoms with Crippen LogP contribution in [0.5, 0.6) is 5.75 Å². The second-order valence-electron chi connectivity index (χ2n) is 5.81. The van der Waals surface area contributed by atoms with Gasteiger partial charge in [0.15, 0.2) is 10.9 Å². The predicted molar refractivity (Wildman–Crippen MR) is 103 cm³/mol. The Kier molecular flexibility index (Phi) is 6.72. The van der Waals surface area contributed by atoms with Gasteiger partial charge in [0.25, 0.3) is 5.91 Å². The number of anilines is 1. The number of hydrogen-bond acceptors (Lipinski definition) is 6. The number of carbonyl (C=O) groups is 1. The Morgan fingerprint density at radius 2 is 2.18 bits per heavy atom. The van der Waals surface area contributed by atoms with Crippen molar-refractivity contribution in [2.24, 2.45) is 7.05 Å². The molecule has 0 fully saturated rings. The van der Waals surface area contributed by atoms with Gasteiger partial charge in [-0.1, -0.05) is 11.8 Å². The van der Waals surface area contributed by atoms with E-state index in [1.54, 1.807) is 25.4 Å². The normalized spacial score (nSPS) is 10.8. The molecule has 0 aliphatic heterocycles. The molecule has 0 atom stereocenters. The first-order valence-corrected chi connectivity index (χ1v) is 9.47. The summed E-state index contributed by atoms with van der Waals surface area (Å²) in [6, 6.07) is 7.22. The number of carbonyl (C=O) groups excluding carboxylic acids is 1. The lowest BCUT2D eigenvalue weighted by molar-refractivity contribution is 0.0994. The van der Waals surface area contributed by atoms with E-state index in [0.717, 1.165) is 5.16 Å². The summed E-state index contributed by atoms with van der Waals surface area (Å²) in [5.41, 5.74) is 0.224. The summed E-state index contributed by atoms with van der Waals surface area (Å²) < 4.78 is 31.5. The molecule has 0 saturated heterocycles. The molecule has 0 aliphatic carbocycles. The van der Waals surface area contributed by atoms with Crippen LogP contribution in [0, 0.1) is 5.82 Å². The molecule has 7 nitrogen and oxygen atoms in total. The fraction of sp³-hybridized carbons (Fsp3) is 0.263. The van der Waals surface area contributed by atoms with Gasteiger partial charge in [0.2, 0.25) is 0 Å². The highest BCUT2D eigenvalue weighted by atomic mass is 32.2. The highest BCUT2D eigenvalue weighted by Gasteiger charge is 2.15. The van der Waals surface area contributed by atoms with Crippen molar-refractivity contribution < 1.29 is 23.1 Å². The Hall–Kier alpha value is -2.78. The molecule has 1 amide bonds. The largest absolute Gasteiger partial charge is 0.489 e. The maximum absolute atomic E-state index is 13.6. The summed E-state index contributed by atoms with van der Waals surface area (Å²) in [6.45, 7) is 0.653. The Morgan fingerprint density at radius 3 is 2.93 bits per heavy atom. The topological polar surface area (TPSA) is 78.5 Å². The third kappa shape index (κ3) is 5.14. The average molecular weight is 405 g/mol. The van der Waals surface area contributed by atoms with Crippen LogP contribution in [0.15, 0.2) is 52.3 Å². The summed E-state index contributed by atoms with van der Waals surface area (Å²) in [7, 11) is 3.46. The predicted octanol–water partition coefficient (Wildman–Crippen LogP) is 3.72. The number of thioether (sulfide) groups is 1. The minimum Gasteiger partial charge on any atom is -0.489 e. The van der Waals surface area contributed by atoms with E-state index in [1.807, 2.05) is 17.8 Å². The number of furan rings is 1. The third-order valence-corrected chi connectivity index (χ3v) is 4.82. The maximum atomic E-state index is 13.6. The van der Waals surface area contributed by atoms with E-state index >= 15 is 0 Å². The molecule has 0 spiro atoms. The first-order valence-electron chi connectivity index (χ1n) is 8.48. The zero-order valence-electron chi connectivity index (χ0n) is 15.5. The van der Waals surface area contributed by atoms with Crippen molar-refractivity contribution in [1.82, 2.24) is 9.55 Å². The molecule has 3 aromatic rings. The minimum absolute atomic E-state index is 0.127. The van der Waals surface area contributed by atoms with E-state index in [1.165, 1.54) is 30.0 Å². The van der Waals surface area contributed by atoms with Gasteiger partial charge in [-0.2, -0.15) is 0 Å². The number of aryl methyl sites for hydroxylation is 1. The van der Waals surface area contributed by atoms with E-state index in [-0.39, 0.29) is 18.1 Å². The number of imidazole rings is 1. The fourth-order valence-corrected chi connectivity index (χ4v) is 3.18. The van der Waals surface area contributed by atoms with Crippen LogP contribution in [0.25, 0.3) is 0 Å². The van der Waals surface area contributed by atoms with E-state index in [4.69, 9.17) is 13.9 Å². The van der Waals surface area contributed by atoms with Crippen molar-refractivity contribution in [3.05, 3.63) is 60.1 Å². The van der Waals surface area contributed by atoms with Gasteiger partial charge in [-0.15, -0.1) is 0 Å². The van der Waals surface area contributed by atoms with Crippen LogP contribution in [0.2, 0.25) is 0 Å². The van der Waals surface area contributed by atoms with Crippen LogP contribution in [0.1, 0.15) is 16.3 Å². The molecule has 28 heavy (non-hydrogen) atoms. The van der Waals surface area contributed by atoms with Crippen LogP contribution < -0.4 is 10.1 Å². The molecule has 2 aromatic heterocycles. The van der Waals surface area contributed by atoms with Crippen LogP contribution >= 0.6 is 11.8 Å². The number of aromatic nitrogens is 2. The maximum Gasteiger partial charge on any atom is 0.291 e. The Balaban J connectivity index is 1.64. The number of nitrogens with one attached hydrogen (secondary N) is 1. The number of nitrogens with zero attached hydrogens (tertiary/aromatic N) is 2. The first kappa shape index (κ1) is 20.0. The molecule has 2 heterocycles. The van der Waals surface area contributed by atoms with Gasteiger partial charge in [-0.25, -0.2) is 9.37 Å². The Labute approximate surface area is 165 Å². The highest BCUT2D eigenvalue weighted by Crippen LogP contribution is 2.27. The number of rotatable bonds is 9. The molecule has 0 saturated carbocycles. The van der Waals surface area contributed by atoms with Crippen molar-refractivity contribution in [3.8, 4) is 5.75 Å². The molecule has 148 valence electrons. The summed E-state index contributed by atoms with van der Waals surface area (Å²) in [4.78, 5) is 16.7. The second kappa shape index (κ2) is 9.43. The van der Waals surface area contributed by atoms with Crippen LogP contribution in [-0.4, -0.2) is 35.8 Å². The van der Waals surface area contributed by atoms with E-state index in [9.17, 15) is 9.18 Å². The molecule has 0 unspecified atom stereocenters. The molecular weight excluding hydrogens is 385 g/mol. The van der Waals surface area contributed by atoms with E-state index < -0.39 is 11.7 Å². The molecule has 0 bridgehead atoms. The van der Waals surface area contributed by atoms with Crippen LogP contribution in [0.3, 0.4) is 0 Å². The van der Waals surface area contributed by atoms with Crippen molar-refractivity contribution in [2.75, 3.05) is 25.6 Å². The lowest BCUT2D eigenvalue weighted by atomic mass is 10.2. The van der Waals surface area contributed by atoms with Gasteiger partial charge < -0.3 is 23.8 Å². The summed E-state index contributed by atoms with van der Waals surface area (Å²) >= 11 is 1.50. The molecule has 3 rings (SSSR count). The quantitative estimate of drug-likeness (QED) is 0.432. The fourth-order valence-electron chi connectivity index (χ4n) is 2.35. The number of methoxy groups -OCH3 is 1. The molecule has 1 N–H and O–H groups in total. The second-order valence-corrected chi connectivity index (χ2v) is 6.75. The Bertz CT molecular complexity index is 941. The van der Waals surface area contributed by atoms with Gasteiger partial charge in [0, 0.05) is 32.6 Å². The highest BCUT2D eigenvalue weighted by molar-refractivity contribution is 7.98. The standard InChI is InChI=1S/C19H20FN3O4S/c1-23-8-7-21-19(23)28-12-14-4-6-17(27-14)18(24)22-15-11-13(20)3-5-16(15)26-10-9-25-2/h3-8,11H,9-10,12H2,1-2H3,(H,22,24). The van der Waals surface area contributed by atoms with Gasteiger partial charge in [-0.3, -0.25) is 4.79 Å². The monoisotopic (exact) mass is 405 g/mol. The molecule has 0 radical (unpaired) electrons. The molecular formula is C19H20FN3O4S. The van der Waals surface area contributed by atoms with Crippen molar-refractivity contribution in [2.45, 2.75) is 10.9 Å². The Morgan fingerprint density at radius 1 is 1.32 bits per heavy atom. The average Bonchev–Trinajstić information content (AvgIpc) is 3.31. The zero-order valence-corrected chi connectivity index (χ0v) is 16.3. The lowest BCUT2D eigenvalue weighted by Crippen LogP contribution is -2.13. The van der Waals surface area contributed by atoms with E-state index in [0.29, 0.717) is 23.9 Å². The number of hydrogen-bond donors (Lipinski definition) is 1. The van der Waals surface area contributed by atoms with Crippen LogP contribution in [-0.2, 0) is 17.5 Å². The smallest absolute Gasteiger partial charge is 0.291 e. The SMILES string of the molecule is COCCOc1ccc(F)cc1NC(=O)c1ccc(CSc2nccn2C)o1. The molecule has 9 heteroatoms. The van der Waals surface area contributed by atoms with Gasteiger partial charge in [-0.05, 0) is 24.3 Å². The third-order valence-electron chi connectivity index (χ3n) is 3.74. The zero-order chi connectivity index (χ0) is 19.9. The number of halogens is 1. The lowest BCUT2D eigenvalue weighted by Gasteiger charge is -2.12. The summed E-state index contributed by atoms with van der Waals surface area (Å²) in [6.07, 6.45) is 3.57. The van der Waals surface area contributed by atoms with E-state index in [2.05, 4.69) is 10.3 Å². The minimum atomic E-state index is -0.490. The number of benzene rings is 1. The van der Waals surface area contributed by atoms with Crippen molar-refractivity contribution >= 4 is 23.4 Å². The van der Waals surface area contributed by atoms with Crippen LogP contribution in [0.4, 0.5) is 10.1 Å². The summed E-state index contributed by atoms with van der Waals surface area (Å²) in [5.74, 6) is 0.667. The van der Waals surface area contributed by atoms with Gasteiger partial charge >= 0.3 is 0 Å². The molecule has 0 aliphatic rings.